The molecule has 25 heavy (non-hydrogen) atoms. The van der Waals surface area contributed by atoms with E-state index in [0.717, 1.165) is 0 Å². The maximum atomic E-state index is 12.4. The quantitative estimate of drug-likeness (QED) is 0.818. The molecule has 2 aromatic rings. The Hall–Kier alpha value is -2.53. The lowest BCUT2D eigenvalue weighted by molar-refractivity contribution is 0.0947. The standard InChI is InChI=1S/C19H21ClN2O3/c1-12(2)11-21-18(23)13-4-6-14(7-5-13)19(24)22-16-10-15(20)8-9-17(16)25-3/h4-10,12H,11H2,1-3H3,(H,21,23)(H,22,24). The van der Waals surface area contributed by atoms with E-state index in [1.165, 1.54) is 7.11 Å². The summed E-state index contributed by atoms with van der Waals surface area (Å²) in [7, 11) is 1.52. The van der Waals surface area contributed by atoms with Crippen molar-refractivity contribution in [3.05, 3.63) is 58.6 Å². The molecule has 0 saturated heterocycles. The maximum absolute atomic E-state index is 12.4. The lowest BCUT2D eigenvalue weighted by Crippen LogP contribution is -2.27. The van der Waals surface area contributed by atoms with Crippen LogP contribution in [0, 0.1) is 5.92 Å². The highest BCUT2D eigenvalue weighted by Gasteiger charge is 2.12. The minimum atomic E-state index is -0.310. The fraction of sp³-hybridized carbons (Fsp3) is 0.263. The summed E-state index contributed by atoms with van der Waals surface area (Å²) in [5.74, 6) is 0.427. The molecule has 2 amide bonds. The maximum Gasteiger partial charge on any atom is 0.255 e. The molecule has 0 saturated carbocycles. The molecule has 0 aliphatic heterocycles. The zero-order valence-corrected chi connectivity index (χ0v) is 15.2. The van der Waals surface area contributed by atoms with Gasteiger partial charge in [-0.25, -0.2) is 0 Å². The van der Waals surface area contributed by atoms with Crippen LogP contribution in [0.4, 0.5) is 5.69 Å². The van der Waals surface area contributed by atoms with Crippen LogP contribution in [0.5, 0.6) is 5.75 Å². The van der Waals surface area contributed by atoms with Gasteiger partial charge in [0.05, 0.1) is 12.8 Å². The smallest absolute Gasteiger partial charge is 0.255 e. The van der Waals surface area contributed by atoms with E-state index in [1.54, 1.807) is 42.5 Å². The molecule has 0 radical (unpaired) electrons. The third-order valence-electron chi connectivity index (χ3n) is 3.49. The first kappa shape index (κ1) is 18.8. The Morgan fingerprint density at radius 1 is 1.04 bits per heavy atom. The fourth-order valence-corrected chi connectivity index (χ4v) is 2.32. The average Bonchev–Trinajstić information content (AvgIpc) is 2.60. The Labute approximate surface area is 152 Å². The van der Waals surface area contributed by atoms with Crippen LogP contribution in [0.2, 0.25) is 5.02 Å². The summed E-state index contributed by atoms with van der Waals surface area (Å²) < 4.78 is 5.21. The molecule has 0 aromatic heterocycles. The summed E-state index contributed by atoms with van der Waals surface area (Å²) in [4.78, 5) is 24.4. The average molecular weight is 361 g/mol. The first-order chi connectivity index (χ1) is 11.9. The molecule has 0 aliphatic carbocycles. The predicted octanol–water partition coefficient (Wildman–Crippen LogP) is 3.99. The largest absolute Gasteiger partial charge is 0.495 e. The van der Waals surface area contributed by atoms with Gasteiger partial charge < -0.3 is 15.4 Å². The van der Waals surface area contributed by atoms with Crippen LogP contribution in [0.15, 0.2) is 42.5 Å². The van der Waals surface area contributed by atoms with Crippen molar-refractivity contribution >= 4 is 29.1 Å². The van der Waals surface area contributed by atoms with Crippen molar-refractivity contribution in [3.63, 3.8) is 0 Å². The van der Waals surface area contributed by atoms with Crippen molar-refractivity contribution in [2.24, 2.45) is 5.92 Å². The molecule has 6 heteroatoms. The van der Waals surface area contributed by atoms with Crippen LogP contribution in [0.25, 0.3) is 0 Å². The third kappa shape index (κ3) is 5.22. The number of ether oxygens (including phenoxy) is 1. The summed E-state index contributed by atoms with van der Waals surface area (Å²) in [6.07, 6.45) is 0. The molecule has 0 bridgehead atoms. The molecular weight excluding hydrogens is 340 g/mol. The number of amides is 2. The summed E-state index contributed by atoms with van der Waals surface area (Å²) in [5, 5.41) is 6.09. The number of rotatable bonds is 6. The molecular formula is C19H21ClN2O3. The Morgan fingerprint density at radius 3 is 2.20 bits per heavy atom. The Morgan fingerprint density at radius 2 is 1.64 bits per heavy atom. The van der Waals surface area contributed by atoms with E-state index in [2.05, 4.69) is 10.6 Å². The van der Waals surface area contributed by atoms with Gasteiger partial charge in [-0.2, -0.15) is 0 Å². The zero-order chi connectivity index (χ0) is 18.4. The predicted molar refractivity (Wildman–Crippen MR) is 99.6 cm³/mol. The number of carbonyl (C=O) groups excluding carboxylic acids is 2. The monoisotopic (exact) mass is 360 g/mol. The highest BCUT2D eigenvalue weighted by Crippen LogP contribution is 2.28. The number of hydrogen-bond acceptors (Lipinski definition) is 3. The van der Waals surface area contributed by atoms with E-state index in [9.17, 15) is 9.59 Å². The minimum absolute atomic E-state index is 0.155. The van der Waals surface area contributed by atoms with Gasteiger partial charge in [0.2, 0.25) is 0 Å². The van der Waals surface area contributed by atoms with Crippen LogP contribution in [-0.4, -0.2) is 25.5 Å². The van der Waals surface area contributed by atoms with Gasteiger partial charge in [-0.3, -0.25) is 9.59 Å². The number of halogens is 1. The lowest BCUT2D eigenvalue weighted by Gasteiger charge is -2.11. The number of hydrogen-bond donors (Lipinski definition) is 2. The summed E-state index contributed by atoms with van der Waals surface area (Å²) in [5.41, 5.74) is 1.43. The topological polar surface area (TPSA) is 67.4 Å². The second-order valence-corrected chi connectivity index (χ2v) is 6.42. The van der Waals surface area contributed by atoms with Crippen LogP contribution in [0.3, 0.4) is 0 Å². The summed E-state index contributed by atoms with van der Waals surface area (Å²) in [6, 6.07) is 11.4. The van der Waals surface area contributed by atoms with Crippen molar-refractivity contribution in [3.8, 4) is 5.75 Å². The fourth-order valence-electron chi connectivity index (χ4n) is 2.14. The number of nitrogens with one attached hydrogen (secondary N) is 2. The molecule has 0 aliphatic rings. The first-order valence-corrected chi connectivity index (χ1v) is 8.31. The van der Waals surface area contributed by atoms with E-state index < -0.39 is 0 Å². The summed E-state index contributed by atoms with van der Waals surface area (Å²) >= 11 is 5.96. The number of carbonyl (C=O) groups is 2. The summed E-state index contributed by atoms with van der Waals surface area (Å²) in [6.45, 7) is 4.66. The molecule has 0 atom stereocenters. The number of methoxy groups -OCH3 is 1. The zero-order valence-electron chi connectivity index (χ0n) is 14.4. The van der Waals surface area contributed by atoms with Gasteiger partial charge in [0, 0.05) is 22.7 Å². The van der Waals surface area contributed by atoms with Crippen molar-refractivity contribution in [2.75, 3.05) is 19.0 Å². The minimum Gasteiger partial charge on any atom is -0.495 e. The number of anilines is 1. The lowest BCUT2D eigenvalue weighted by atomic mass is 10.1. The molecule has 132 valence electrons. The van der Waals surface area contributed by atoms with Gasteiger partial charge >= 0.3 is 0 Å². The highest BCUT2D eigenvalue weighted by atomic mass is 35.5. The SMILES string of the molecule is COc1ccc(Cl)cc1NC(=O)c1ccc(C(=O)NCC(C)C)cc1. The second kappa shape index (κ2) is 8.53. The number of benzene rings is 2. The molecule has 0 fully saturated rings. The van der Waals surface area contributed by atoms with Crippen LogP contribution in [0.1, 0.15) is 34.6 Å². The van der Waals surface area contributed by atoms with Gasteiger partial charge in [-0.1, -0.05) is 25.4 Å². The molecule has 0 spiro atoms. The molecule has 0 unspecified atom stereocenters. The Balaban J connectivity index is 2.08. The van der Waals surface area contributed by atoms with Crippen LogP contribution in [-0.2, 0) is 0 Å². The normalized spacial score (nSPS) is 10.4. The molecule has 0 heterocycles. The van der Waals surface area contributed by atoms with E-state index in [-0.39, 0.29) is 11.8 Å². The van der Waals surface area contributed by atoms with Crippen LogP contribution >= 0.6 is 11.6 Å². The van der Waals surface area contributed by atoms with E-state index >= 15 is 0 Å². The van der Waals surface area contributed by atoms with Gasteiger partial charge in [0.15, 0.2) is 0 Å². The third-order valence-corrected chi connectivity index (χ3v) is 3.72. The van der Waals surface area contributed by atoms with E-state index in [0.29, 0.717) is 40.0 Å². The molecule has 2 aromatic carbocycles. The molecule has 2 N–H and O–H groups in total. The van der Waals surface area contributed by atoms with Gasteiger partial charge in [-0.05, 0) is 48.4 Å². The second-order valence-electron chi connectivity index (χ2n) is 5.98. The highest BCUT2D eigenvalue weighted by molar-refractivity contribution is 6.31. The van der Waals surface area contributed by atoms with Crippen molar-refractivity contribution in [2.45, 2.75) is 13.8 Å². The van der Waals surface area contributed by atoms with E-state index in [1.807, 2.05) is 13.8 Å². The van der Waals surface area contributed by atoms with E-state index in [4.69, 9.17) is 16.3 Å². The van der Waals surface area contributed by atoms with Gasteiger partial charge in [0.1, 0.15) is 5.75 Å². The van der Waals surface area contributed by atoms with Crippen molar-refractivity contribution in [1.29, 1.82) is 0 Å². The Kier molecular flexibility index (Phi) is 6.42. The molecule has 2 rings (SSSR count). The first-order valence-electron chi connectivity index (χ1n) is 7.94. The van der Waals surface area contributed by atoms with Crippen molar-refractivity contribution < 1.29 is 14.3 Å². The van der Waals surface area contributed by atoms with Crippen LogP contribution < -0.4 is 15.4 Å². The Bertz CT molecular complexity index is 758. The van der Waals surface area contributed by atoms with Gasteiger partial charge in [0.25, 0.3) is 11.8 Å². The van der Waals surface area contributed by atoms with Crippen molar-refractivity contribution in [1.82, 2.24) is 5.32 Å². The van der Waals surface area contributed by atoms with Gasteiger partial charge in [-0.15, -0.1) is 0 Å². The molecule has 5 nitrogen and oxygen atoms in total.